The van der Waals surface area contributed by atoms with Crippen LogP contribution >= 0.6 is 0 Å². The van der Waals surface area contributed by atoms with E-state index in [1.165, 1.54) is 5.56 Å². The van der Waals surface area contributed by atoms with Gasteiger partial charge in [-0.2, -0.15) is 0 Å². The number of amides is 1. The van der Waals surface area contributed by atoms with Crippen molar-refractivity contribution in [2.75, 3.05) is 6.54 Å². The first kappa shape index (κ1) is 21.2. The first-order chi connectivity index (χ1) is 12.6. The molecule has 0 fully saturated rings. The molecule has 0 aliphatic carbocycles. The molecule has 0 aromatic heterocycles. The average Bonchev–Trinajstić information content (AvgIpc) is 2.83. The summed E-state index contributed by atoms with van der Waals surface area (Å²) < 4.78 is 0. The smallest absolute Gasteiger partial charge is 0.290 e. The fraction of sp³-hybridized carbons (Fsp3) is 0.565. The molecule has 0 saturated carbocycles. The van der Waals surface area contributed by atoms with Crippen LogP contribution in [0, 0.1) is 5.92 Å². The number of aliphatic hydroxyl groups excluding tert-OH is 1. The van der Waals surface area contributed by atoms with Crippen molar-refractivity contribution in [3.63, 3.8) is 0 Å². The van der Waals surface area contributed by atoms with Gasteiger partial charge in [0.05, 0.1) is 11.6 Å². The highest BCUT2D eigenvalue weighted by Crippen LogP contribution is 2.39. The van der Waals surface area contributed by atoms with Crippen LogP contribution in [-0.2, 0) is 15.0 Å². The quantitative estimate of drug-likeness (QED) is 0.726. The molecule has 148 valence electrons. The average molecular weight is 372 g/mol. The fourth-order valence-electron chi connectivity index (χ4n) is 3.49. The molecule has 1 heterocycles. The minimum Gasteiger partial charge on any atom is -0.503 e. The van der Waals surface area contributed by atoms with Gasteiger partial charge in [0.25, 0.3) is 5.91 Å². The summed E-state index contributed by atoms with van der Waals surface area (Å²) in [5.74, 6) is -0.775. The lowest BCUT2D eigenvalue weighted by molar-refractivity contribution is -0.129. The number of ketones is 1. The Morgan fingerprint density at radius 1 is 1.19 bits per heavy atom. The van der Waals surface area contributed by atoms with Gasteiger partial charge in [-0.3, -0.25) is 9.59 Å². The zero-order chi connectivity index (χ0) is 20.4. The van der Waals surface area contributed by atoms with Gasteiger partial charge in [-0.05, 0) is 28.9 Å². The van der Waals surface area contributed by atoms with Crippen LogP contribution < -0.4 is 0 Å². The van der Waals surface area contributed by atoms with Gasteiger partial charge in [0, 0.05) is 13.0 Å². The number of hydrogen-bond donors (Lipinski definition) is 1. The number of carbonyl (C=O) groups excluding carboxylic acids is 2. The van der Waals surface area contributed by atoms with E-state index >= 15 is 0 Å². The topological polar surface area (TPSA) is 57.6 Å². The molecule has 27 heavy (non-hydrogen) atoms. The lowest BCUT2D eigenvalue weighted by atomic mass is 9.85. The van der Waals surface area contributed by atoms with Crippen LogP contribution in [0.1, 0.15) is 78.0 Å². The Morgan fingerprint density at radius 3 is 2.26 bits per heavy atom. The summed E-state index contributed by atoms with van der Waals surface area (Å²) in [4.78, 5) is 27.2. The molecule has 1 aromatic rings. The maximum Gasteiger partial charge on any atom is 0.290 e. The highest BCUT2D eigenvalue weighted by atomic mass is 16.3. The molecule has 1 aliphatic rings. The summed E-state index contributed by atoms with van der Waals surface area (Å²) in [7, 11) is 0. The van der Waals surface area contributed by atoms with Crippen molar-refractivity contribution in [3.05, 3.63) is 46.7 Å². The second-order valence-electron chi connectivity index (χ2n) is 8.91. The molecule has 1 aromatic carbocycles. The van der Waals surface area contributed by atoms with E-state index in [1.54, 1.807) is 4.90 Å². The Bertz CT molecular complexity index is 723. The molecule has 2 rings (SSSR count). The van der Waals surface area contributed by atoms with Crippen molar-refractivity contribution in [1.29, 1.82) is 0 Å². The van der Waals surface area contributed by atoms with Gasteiger partial charge in [-0.25, -0.2) is 0 Å². The maximum absolute atomic E-state index is 12.8. The first-order valence-corrected chi connectivity index (χ1v) is 9.95. The molecular weight excluding hydrogens is 338 g/mol. The van der Waals surface area contributed by atoms with Crippen LogP contribution in [-0.4, -0.2) is 28.2 Å². The Balaban J connectivity index is 2.47. The Labute approximate surface area is 163 Å². The van der Waals surface area contributed by atoms with Gasteiger partial charge in [0.1, 0.15) is 0 Å². The number of aliphatic hydroxyl groups is 1. The molecule has 0 radical (unpaired) electrons. The third kappa shape index (κ3) is 4.60. The minimum absolute atomic E-state index is 0.0280. The van der Waals surface area contributed by atoms with Crippen molar-refractivity contribution in [3.8, 4) is 0 Å². The standard InChI is InChI=1S/C23H33NO3/c1-7-8-13-24-20(16-9-11-17(12-10-16)23(4,5)6)19(21(26)22(24)27)18(25)14-15(2)3/h9-12,15,20,26H,7-8,13-14H2,1-6H3. The predicted molar refractivity (Wildman–Crippen MR) is 109 cm³/mol. The first-order valence-electron chi connectivity index (χ1n) is 9.95. The van der Waals surface area contributed by atoms with Gasteiger partial charge in [-0.1, -0.05) is 72.2 Å². The van der Waals surface area contributed by atoms with E-state index in [4.69, 9.17) is 0 Å². The van der Waals surface area contributed by atoms with Crippen LogP contribution in [0.15, 0.2) is 35.6 Å². The Hall–Kier alpha value is -2.10. The molecule has 1 unspecified atom stereocenters. The highest BCUT2D eigenvalue weighted by Gasteiger charge is 2.43. The van der Waals surface area contributed by atoms with Crippen molar-refractivity contribution >= 4 is 11.7 Å². The second-order valence-corrected chi connectivity index (χ2v) is 8.91. The van der Waals surface area contributed by atoms with Crippen LogP contribution in [0.25, 0.3) is 0 Å². The summed E-state index contributed by atoms with van der Waals surface area (Å²) in [6.45, 7) is 13.0. The molecule has 1 aliphatic heterocycles. The third-order valence-electron chi connectivity index (χ3n) is 5.04. The normalized spacial score (nSPS) is 18.0. The van der Waals surface area contributed by atoms with E-state index < -0.39 is 11.9 Å². The second kappa shape index (κ2) is 8.28. The summed E-state index contributed by atoms with van der Waals surface area (Å²) >= 11 is 0. The summed E-state index contributed by atoms with van der Waals surface area (Å²) in [5.41, 5.74) is 2.36. The number of benzene rings is 1. The van der Waals surface area contributed by atoms with E-state index in [9.17, 15) is 14.7 Å². The Morgan fingerprint density at radius 2 is 1.78 bits per heavy atom. The largest absolute Gasteiger partial charge is 0.503 e. The zero-order valence-corrected chi connectivity index (χ0v) is 17.5. The summed E-state index contributed by atoms with van der Waals surface area (Å²) in [5, 5.41) is 10.5. The number of rotatable bonds is 7. The van der Waals surface area contributed by atoms with Gasteiger partial charge in [-0.15, -0.1) is 0 Å². The van der Waals surface area contributed by atoms with Gasteiger partial charge in [0.15, 0.2) is 11.5 Å². The van der Waals surface area contributed by atoms with E-state index in [-0.39, 0.29) is 28.4 Å². The van der Waals surface area contributed by atoms with Crippen molar-refractivity contribution in [2.24, 2.45) is 5.92 Å². The molecule has 0 bridgehead atoms. The molecule has 1 atom stereocenters. The molecule has 1 amide bonds. The van der Waals surface area contributed by atoms with E-state index in [0.29, 0.717) is 13.0 Å². The number of Topliss-reactive ketones (excluding diaryl/α,β-unsaturated/α-hetero) is 1. The van der Waals surface area contributed by atoms with Crippen molar-refractivity contribution < 1.29 is 14.7 Å². The molecule has 4 heteroatoms. The lowest BCUT2D eigenvalue weighted by Crippen LogP contribution is -2.32. The van der Waals surface area contributed by atoms with Crippen LogP contribution in [0.2, 0.25) is 0 Å². The molecule has 0 spiro atoms. The lowest BCUT2D eigenvalue weighted by Gasteiger charge is -2.28. The molecule has 4 nitrogen and oxygen atoms in total. The maximum atomic E-state index is 12.8. The molecular formula is C23H33NO3. The third-order valence-corrected chi connectivity index (χ3v) is 5.04. The fourth-order valence-corrected chi connectivity index (χ4v) is 3.49. The number of nitrogens with zero attached hydrogens (tertiary/aromatic N) is 1. The van der Waals surface area contributed by atoms with Crippen molar-refractivity contribution in [1.82, 2.24) is 4.90 Å². The van der Waals surface area contributed by atoms with Gasteiger partial charge < -0.3 is 10.0 Å². The molecule has 0 saturated heterocycles. The van der Waals surface area contributed by atoms with Crippen LogP contribution in [0.3, 0.4) is 0 Å². The highest BCUT2D eigenvalue weighted by molar-refractivity contribution is 6.09. The molecule has 1 N–H and O–H groups in total. The van der Waals surface area contributed by atoms with E-state index in [2.05, 4.69) is 39.8 Å². The van der Waals surface area contributed by atoms with Crippen LogP contribution in [0.5, 0.6) is 0 Å². The summed E-state index contributed by atoms with van der Waals surface area (Å²) in [6.07, 6.45) is 2.10. The number of hydrogen-bond acceptors (Lipinski definition) is 3. The SMILES string of the molecule is CCCCN1C(=O)C(O)=C(C(=O)CC(C)C)C1c1ccc(C(C)(C)C)cc1. The van der Waals surface area contributed by atoms with Gasteiger partial charge in [0.2, 0.25) is 0 Å². The number of carbonyl (C=O) groups is 2. The summed E-state index contributed by atoms with van der Waals surface area (Å²) in [6, 6.07) is 7.58. The Kier molecular flexibility index (Phi) is 6.50. The zero-order valence-electron chi connectivity index (χ0n) is 17.5. The van der Waals surface area contributed by atoms with E-state index in [0.717, 1.165) is 18.4 Å². The van der Waals surface area contributed by atoms with Crippen LogP contribution in [0.4, 0.5) is 0 Å². The van der Waals surface area contributed by atoms with Gasteiger partial charge >= 0.3 is 0 Å². The van der Waals surface area contributed by atoms with E-state index in [1.807, 2.05) is 26.0 Å². The van der Waals surface area contributed by atoms with Crippen molar-refractivity contribution in [2.45, 2.75) is 72.3 Å². The predicted octanol–water partition coefficient (Wildman–Crippen LogP) is 5.09. The minimum atomic E-state index is -0.496. The monoisotopic (exact) mass is 371 g/mol. The number of unbranched alkanes of at least 4 members (excludes halogenated alkanes) is 1.